The summed E-state index contributed by atoms with van der Waals surface area (Å²) < 4.78 is 264. The van der Waals surface area contributed by atoms with E-state index < -0.39 is 110 Å². The number of carbonyl (C=O) groups is 1. The van der Waals surface area contributed by atoms with Crippen LogP contribution in [0.15, 0.2) is 0 Å². The van der Waals surface area contributed by atoms with Gasteiger partial charge in [-0.15, -0.1) is 10.3 Å². The summed E-state index contributed by atoms with van der Waals surface area (Å²) in [5.74, 6) is -56.5. The van der Waals surface area contributed by atoms with E-state index in [1.807, 2.05) is 0 Å². The Morgan fingerprint density at radius 3 is 1.43 bits per heavy atom. The Kier molecular flexibility index (Phi) is 10.4. The number of rotatable bonds is 12. The lowest BCUT2D eigenvalue weighted by Crippen LogP contribution is -2.75. The molecule has 0 spiro atoms. The largest absolute Gasteiger partial charge is 0.460 e. The molecule has 0 amide bonds. The van der Waals surface area contributed by atoms with E-state index in [-0.39, 0.29) is 12.8 Å². The minimum atomic E-state index is -8.93. The summed E-state index contributed by atoms with van der Waals surface area (Å²) >= 11 is 0. The van der Waals surface area contributed by atoms with Gasteiger partial charge in [0.2, 0.25) is 0 Å². The van der Waals surface area contributed by atoms with E-state index in [1.165, 1.54) is 0 Å². The van der Waals surface area contributed by atoms with Crippen molar-refractivity contribution in [1.29, 1.82) is 0 Å². The number of halogens is 17. The first kappa shape index (κ1) is 38.9. The van der Waals surface area contributed by atoms with E-state index in [1.54, 1.807) is 0 Å². The molecule has 0 bridgehead atoms. The monoisotopic (exact) mass is 728 g/mol. The number of alkyl halides is 17. The van der Waals surface area contributed by atoms with Crippen LogP contribution < -0.4 is 0 Å². The lowest BCUT2D eigenvalue weighted by atomic mass is 9.87. The normalized spacial score (nSPS) is 21.7. The highest BCUT2D eigenvalue weighted by atomic mass is 32.3. The Morgan fingerprint density at radius 1 is 0.636 bits per heavy atom. The Labute approximate surface area is 238 Å². The highest BCUT2D eigenvalue weighted by molar-refractivity contribution is 8.33. The number of ether oxygens (including phenoxy) is 1. The fourth-order valence-electron chi connectivity index (χ4n) is 4.20. The van der Waals surface area contributed by atoms with Crippen LogP contribution in [0.5, 0.6) is 0 Å². The predicted octanol–water partition coefficient (Wildman–Crippen LogP) is 7.20. The zero-order valence-corrected chi connectivity index (χ0v) is 23.1. The van der Waals surface area contributed by atoms with Crippen LogP contribution in [0.25, 0.3) is 0 Å². The summed E-state index contributed by atoms with van der Waals surface area (Å²) in [7, 11) is -11.7. The molecule has 1 aliphatic carbocycles. The number of ketones is 1. The molecule has 262 valence electrons. The maximum atomic E-state index is 14.6. The second-order valence-corrected chi connectivity index (χ2v) is 14.9. The Bertz CT molecular complexity index is 1160. The summed E-state index contributed by atoms with van der Waals surface area (Å²) in [6.45, 7) is -1.21. The molecule has 0 radical (unpaired) electrons. The van der Waals surface area contributed by atoms with E-state index >= 15 is 0 Å². The minimum absolute atomic E-state index is 0.208. The third kappa shape index (κ3) is 5.97. The molecule has 0 atom stereocenters. The van der Waals surface area contributed by atoms with Crippen LogP contribution in [0.3, 0.4) is 0 Å². The van der Waals surface area contributed by atoms with Gasteiger partial charge in [-0.25, -0.2) is 3.63 Å². The van der Waals surface area contributed by atoms with Crippen LogP contribution in [-0.2, 0) is 23.3 Å². The van der Waals surface area contributed by atoms with Gasteiger partial charge in [0.25, 0.3) is 0 Å². The van der Waals surface area contributed by atoms with Gasteiger partial charge in [0.05, 0.1) is 19.0 Å². The van der Waals surface area contributed by atoms with Gasteiger partial charge in [0.1, 0.15) is 5.78 Å². The number of hydrogen-bond donors (Lipinski definition) is 0. The van der Waals surface area contributed by atoms with Gasteiger partial charge in [-0.1, -0.05) is 19.3 Å². The van der Waals surface area contributed by atoms with Gasteiger partial charge in [-0.2, -0.15) is 83.1 Å². The molecule has 1 saturated heterocycles. The van der Waals surface area contributed by atoms with Crippen LogP contribution in [0, 0.1) is 5.92 Å². The van der Waals surface area contributed by atoms with Crippen molar-refractivity contribution in [3.05, 3.63) is 0 Å². The predicted molar refractivity (Wildman–Crippen MR) is 115 cm³/mol. The van der Waals surface area contributed by atoms with Crippen LogP contribution >= 0.6 is 10.3 Å². The molecule has 24 heteroatoms. The van der Waals surface area contributed by atoms with Gasteiger partial charge in [-0.05, 0) is 12.8 Å². The van der Waals surface area contributed by atoms with Crippen molar-refractivity contribution in [3.8, 4) is 0 Å². The van der Waals surface area contributed by atoms with Crippen molar-refractivity contribution < 1.29 is 96.2 Å². The van der Waals surface area contributed by atoms with E-state index in [2.05, 4.69) is 3.63 Å². The molecule has 44 heavy (non-hydrogen) atoms. The molecule has 0 N–H and O–H groups in total. The molecule has 0 unspecified atom stereocenters. The summed E-state index contributed by atoms with van der Waals surface area (Å²) in [6.07, 6.45) is -5.87. The van der Waals surface area contributed by atoms with Gasteiger partial charge in [0, 0.05) is 17.4 Å². The van der Waals surface area contributed by atoms with Crippen LogP contribution in [0.2, 0.25) is 0 Å². The van der Waals surface area contributed by atoms with Crippen molar-refractivity contribution in [2.45, 2.75) is 79.1 Å². The number of Topliss-reactive ketones (excluding diaryl/α,β-unsaturated/α-hetero) is 1. The topological polar surface area (TPSA) is 69.7 Å². The summed E-state index contributed by atoms with van der Waals surface area (Å²) in [5.41, 5.74) is 0. The van der Waals surface area contributed by atoms with Crippen molar-refractivity contribution in [2.24, 2.45) is 5.92 Å². The van der Waals surface area contributed by atoms with E-state index in [0.717, 1.165) is 0 Å². The van der Waals surface area contributed by atoms with Crippen LogP contribution in [0.4, 0.5) is 74.6 Å². The fourth-order valence-corrected chi connectivity index (χ4v) is 9.33. The highest BCUT2D eigenvalue weighted by Gasteiger charge is 2.96. The second kappa shape index (κ2) is 11.7. The van der Waals surface area contributed by atoms with Crippen LogP contribution in [0.1, 0.15) is 32.1 Å². The number of hydrogen-bond acceptors (Lipinski definition) is 5. The molecule has 1 aliphatic heterocycles. The van der Waals surface area contributed by atoms with Crippen molar-refractivity contribution in [3.63, 3.8) is 0 Å². The first-order chi connectivity index (χ1) is 19.4. The van der Waals surface area contributed by atoms with Gasteiger partial charge < -0.3 is 4.74 Å². The molecule has 0 aromatic rings. The maximum Gasteiger partial charge on any atom is 0.460 e. The SMILES string of the molecule is O=C(CS1(OS(=O)(=O)C(F)(F)C(F)(F)C(F)(F)C(F)(F)C(F)(F)C(F)(F)C(F)(F)C(F)(F)F)CCOCC1)C1CCCCC1. The lowest BCUT2D eigenvalue weighted by Gasteiger charge is -2.44. The smallest absolute Gasteiger partial charge is 0.380 e. The first-order valence-electron chi connectivity index (χ1n) is 11.9. The molecule has 2 aliphatic rings. The fraction of sp³-hybridized carbons (Fsp3) is 0.950. The zero-order chi connectivity index (χ0) is 34.6. The van der Waals surface area contributed by atoms with Gasteiger partial charge in [-0.3, -0.25) is 4.79 Å². The number of carbonyl (C=O) groups excluding carboxylic acids is 1. The van der Waals surface area contributed by atoms with Gasteiger partial charge in [0.15, 0.2) is 0 Å². The Morgan fingerprint density at radius 2 is 1.02 bits per heavy atom. The zero-order valence-electron chi connectivity index (χ0n) is 21.4. The average molecular weight is 728 g/mol. The Hall–Kier alpha value is -1.30. The van der Waals surface area contributed by atoms with Crippen molar-refractivity contribution in [1.82, 2.24) is 0 Å². The summed E-state index contributed by atoms with van der Waals surface area (Å²) in [4.78, 5) is 12.7. The van der Waals surface area contributed by atoms with Crippen molar-refractivity contribution in [2.75, 3.05) is 30.5 Å². The lowest BCUT2D eigenvalue weighted by molar-refractivity contribution is -0.458. The Balaban J connectivity index is 2.55. The molecule has 1 saturated carbocycles. The third-order valence-electron chi connectivity index (χ3n) is 6.91. The first-order valence-corrected chi connectivity index (χ1v) is 15.4. The maximum absolute atomic E-state index is 14.6. The van der Waals surface area contributed by atoms with E-state index in [9.17, 15) is 87.8 Å². The molecular formula is C20H21F17O5S2. The van der Waals surface area contributed by atoms with Crippen molar-refractivity contribution >= 4 is 26.2 Å². The molecule has 0 aromatic carbocycles. The second-order valence-electron chi connectivity index (χ2n) is 9.92. The molecule has 5 nitrogen and oxygen atoms in total. The minimum Gasteiger partial charge on any atom is -0.380 e. The molecule has 2 fully saturated rings. The molecular weight excluding hydrogens is 707 g/mol. The average Bonchev–Trinajstić information content (AvgIpc) is 2.87. The highest BCUT2D eigenvalue weighted by Crippen LogP contribution is 2.65. The quantitative estimate of drug-likeness (QED) is 0.199. The summed E-state index contributed by atoms with van der Waals surface area (Å²) in [6, 6.07) is 0. The molecule has 1 heterocycles. The molecule has 2 rings (SSSR count). The van der Waals surface area contributed by atoms with Gasteiger partial charge >= 0.3 is 57.1 Å². The summed E-state index contributed by atoms with van der Waals surface area (Å²) in [5, 5.41) is -7.78. The standard InChI is InChI=1S/C20H21F17O5S2/c21-13(22,15(25,26)17(29,30)19(33,34)35)14(23,24)16(27,28)18(31,32)20(36,37)44(39,40)42-43(8-6-41-7-9-43)10-12(38)11-4-2-1-3-5-11/h11H,1-10H2. The third-order valence-corrected chi connectivity index (χ3v) is 12.3. The van der Waals surface area contributed by atoms with E-state index in [4.69, 9.17) is 4.74 Å². The van der Waals surface area contributed by atoms with E-state index in [0.29, 0.717) is 19.3 Å². The van der Waals surface area contributed by atoms with Crippen LogP contribution in [-0.4, -0.2) is 91.6 Å². The molecule has 0 aromatic heterocycles.